The molecule has 1 rings (SSSR count). The second-order valence-corrected chi connectivity index (χ2v) is 2.63. The smallest absolute Gasteiger partial charge is 0.0623 e. The fraction of sp³-hybridized carbons (Fsp3) is 0.333. The van der Waals surface area contributed by atoms with Crippen molar-refractivity contribution < 1.29 is 0 Å². The highest BCUT2D eigenvalue weighted by Crippen LogP contribution is 2.13. The number of nitrogens with zero attached hydrogens (tertiary/aromatic N) is 2. The summed E-state index contributed by atoms with van der Waals surface area (Å²) < 4.78 is 0. The fourth-order valence-corrected chi connectivity index (χ4v) is 0.995. The maximum atomic E-state index is 10.1. The number of aryl methyl sites for hydroxylation is 1. The van der Waals surface area contributed by atoms with Gasteiger partial charge < -0.3 is 0 Å². The summed E-state index contributed by atoms with van der Waals surface area (Å²) in [4.78, 5) is 10.1. The topological polar surface area (TPSA) is 32.7 Å². The van der Waals surface area contributed by atoms with Gasteiger partial charge >= 0.3 is 0 Å². The van der Waals surface area contributed by atoms with Gasteiger partial charge in [-0.25, -0.2) is 5.01 Å². The maximum Gasteiger partial charge on any atom is 0.0623 e. The zero-order valence-corrected chi connectivity index (χ0v) is 7.32. The maximum absolute atomic E-state index is 10.1. The van der Waals surface area contributed by atoms with Gasteiger partial charge in [-0.05, 0) is 24.1 Å². The van der Waals surface area contributed by atoms with Crippen LogP contribution in [0.5, 0.6) is 0 Å². The van der Waals surface area contributed by atoms with Crippen molar-refractivity contribution in [1.82, 2.24) is 0 Å². The minimum absolute atomic E-state index is 0.821. The zero-order valence-electron chi connectivity index (χ0n) is 7.32. The Morgan fingerprint density at radius 1 is 1.33 bits per heavy atom. The average Bonchev–Trinajstić information content (AvgIpc) is 2.17. The summed E-state index contributed by atoms with van der Waals surface area (Å²) in [5.74, 6) is 0. The van der Waals surface area contributed by atoms with Crippen LogP contribution in [0.15, 0.2) is 29.6 Å². The van der Waals surface area contributed by atoms with E-state index in [9.17, 15) is 4.91 Å². The summed E-state index contributed by atoms with van der Waals surface area (Å²) in [5.41, 5.74) is 2.08. The molecule has 0 N–H and O–H groups in total. The number of hydrogen-bond donors (Lipinski definition) is 0. The number of anilines is 1. The minimum Gasteiger partial charge on any atom is -0.232 e. The highest BCUT2D eigenvalue weighted by atomic mass is 16.3. The van der Waals surface area contributed by atoms with E-state index in [0.717, 1.165) is 12.1 Å². The van der Waals surface area contributed by atoms with Gasteiger partial charge in [-0.2, -0.15) is 0 Å². The van der Waals surface area contributed by atoms with E-state index in [1.165, 1.54) is 10.6 Å². The predicted molar refractivity (Wildman–Crippen MR) is 50.0 cm³/mol. The van der Waals surface area contributed by atoms with Crippen molar-refractivity contribution in [1.29, 1.82) is 0 Å². The molecule has 0 spiro atoms. The first-order valence-electron chi connectivity index (χ1n) is 3.94. The van der Waals surface area contributed by atoms with Crippen LogP contribution in [0.4, 0.5) is 5.69 Å². The summed E-state index contributed by atoms with van der Waals surface area (Å²) in [6.45, 7) is 2.09. The molecule has 0 radical (unpaired) electrons. The number of rotatable bonds is 3. The fourth-order valence-electron chi connectivity index (χ4n) is 0.995. The van der Waals surface area contributed by atoms with Gasteiger partial charge in [-0.15, -0.1) is 4.91 Å². The van der Waals surface area contributed by atoms with E-state index in [2.05, 4.69) is 12.2 Å². The second-order valence-electron chi connectivity index (χ2n) is 2.63. The quantitative estimate of drug-likeness (QED) is 0.507. The van der Waals surface area contributed by atoms with Crippen molar-refractivity contribution >= 4 is 5.69 Å². The van der Waals surface area contributed by atoms with Crippen LogP contribution in [0, 0.1) is 4.91 Å². The SMILES string of the molecule is CCc1ccc(N(C)N=O)cc1. The third kappa shape index (κ3) is 1.81. The van der Waals surface area contributed by atoms with E-state index >= 15 is 0 Å². The first kappa shape index (κ1) is 8.71. The molecule has 0 saturated carbocycles. The van der Waals surface area contributed by atoms with Crippen LogP contribution in [0.1, 0.15) is 12.5 Å². The van der Waals surface area contributed by atoms with E-state index in [1.807, 2.05) is 24.3 Å². The molecule has 0 atom stereocenters. The van der Waals surface area contributed by atoms with Crippen molar-refractivity contribution in [2.45, 2.75) is 13.3 Å². The predicted octanol–water partition coefficient (Wildman–Crippen LogP) is 2.37. The van der Waals surface area contributed by atoms with Crippen LogP contribution in [0.25, 0.3) is 0 Å². The van der Waals surface area contributed by atoms with Crippen LogP contribution in [0.3, 0.4) is 0 Å². The highest BCUT2D eigenvalue weighted by Gasteiger charge is 1.97. The standard InChI is InChI=1S/C9H12N2O/c1-3-8-4-6-9(7-5-8)11(2)10-12/h4-7H,3H2,1-2H3. The second kappa shape index (κ2) is 3.85. The Bertz CT molecular complexity index is 256. The average molecular weight is 164 g/mol. The molecule has 0 unspecified atom stereocenters. The van der Waals surface area contributed by atoms with Crippen molar-refractivity contribution in [3.8, 4) is 0 Å². The van der Waals surface area contributed by atoms with Crippen LogP contribution >= 0.6 is 0 Å². The molecule has 0 heterocycles. The number of nitroso groups, excluding NO2 is 1. The van der Waals surface area contributed by atoms with Crippen LogP contribution in [0.2, 0.25) is 0 Å². The Balaban J connectivity index is 2.84. The Morgan fingerprint density at radius 3 is 2.33 bits per heavy atom. The monoisotopic (exact) mass is 164 g/mol. The van der Waals surface area contributed by atoms with Gasteiger partial charge in [0.15, 0.2) is 0 Å². The lowest BCUT2D eigenvalue weighted by molar-refractivity contribution is 1.00. The molecule has 0 aliphatic rings. The summed E-state index contributed by atoms with van der Waals surface area (Å²) in [6.07, 6.45) is 1.01. The first-order chi connectivity index (χ1) is 5.77. The lowest BCUT2D eigenvalue weighted by Crippen LogP contribution is -2.06. The van der Waals surface area contributed by atoms with Crippen LogP contribution in [-0.4, -0.2) is 7.05 Å². The van der Waals surface area contributed by atoms with E-state index in [1.54, 1.807) is 7.05 Å². The molecule has 0 fully saturated rings. The van der Waals surface area contributed by atoms with Gasteiger partial charge in [0.25, 0.3) is 0 Å². The van der Waals surface area contributed by atoms with E-state index in [-0.39, 0.29) is 0 Å². The van der Waals surface area contributed by atoms with E-state index < -0.39 is 0 Å². The van der Waals surface area contributed by atoms with Gasteiger partial charge in [0.2, 0.25) is 0 Å². The molecule has 3 heteroatoms. The zero-order chi connectivity index (χ0) is 8.97. The Kier molecular flexibility index (Phi) is 2.80. The molecule has 0 saturated heterocycles. The molecule has 0 aromatic heterocycles. The molecule has 0 amide bonds. The first-order valence-corrected chi connectivity index (χ1v) is 3.94. The molecular weight excluding hydrogens is 152 g/mol. The van der Waals surface area contributed by atoms with Gasteiger partial charge in [0.1, 0.15) is 0 Å². The van der Waals surface area contributed by atoms with Crippen molar-refractivity contribution in [2.24, 2.45) is 5.29 Å². The van der Waals surface area contributed by atoms with Crippen molar-refractivity contribution in [3.05, 3.63) is 34.7 Å². The third-order valence-electron chi connectivity index (χ3n) is 1.84. The van der Waals surface area contributed by atoms with E-state index in [0.29, 0.717) is 0 Å². The molecule has 1 aromatic carbocycles. The lowest BCUT2D eigenvalue weighted by atomic mass is 10.1. The summed E-state index contributed by atoms with van der Waals surface area (Å²) in [7, 11) is 1.63. The van der Waals surface area contributed by atoms with Crippen LogP contribution < -0.4 is 5.01 Å². The van der Waals surface area contributed by atoms with Crippen LogP contribution in [-0.2, 0) is 6.42 Å². The Labute approximate surface area is 72.0 Å². The molecule has 0 bridgehead atoms. The third-order valence-corrected chi connectivity index (χ3v) is 1.84. The molecule has 64 valence electrons. The minimum atomic E-state index is 0.821. The van der Waals surface area contributed by atoms with E-state index in [4.69, 9.17) is 0 Å². The van der Waals surface area contributed by atoms with Gasteiger partial charge in [-0.3, -0.25) is 0 Å². The summed E-state index contributed by atoms with van der Waals surface area (Å²) in [6, 6.07) is 7.77. The summed E-state index contributed by atoms with van der Waals surface area (Å²) in [5, 5.41) is 4.10. The molecule has 0 aliphatic heterocycles. The molecule has 3 nitrogen and oxygen atoms in total. The summed E-state index contributed by atoms with van der Waals surface area (Å²) >= 11 is 0. The normalized spacial score (nSPS) is 9.50. The molecule has 12 heavy (non-hydrogen) atoms. The lowest BCUT2D eigenvalue weighted by Gasteiger charge is -2.08. The van der Waals surface area contributed by atoms with Gasteiger partial charge in [-0.1, -0.05) is 19.1 Å². The molecular formula is C9H12N2O. The van der Waals surface area contributed by atoms with Crippen molar-refractivity contribution in [3.63, 3.8) is 0 Å². The van der Waals surface area contributed by atoms with Gasteiger partial charge in [0, 0.05) is 7.05 Å². The number of hydrogen-bond acceptors (Lipinski definition) is 2. The Hall–Kier alpha value is -1.38. The van der Waals surface area contributed by atoms with Gasteiger partial charge in [0.05, 0.1) is 11.0 Å². The highest BCUT2D eigenvalue weighted by molar-refractivity contribution is 5.45. The number of benzene rings is 1. The van der Waals surface area contributed by atoms with Crippen molar-refractivity contribution in [2.75, 3.05) is 12.1 Å². The molecule has 1 aromatic rings. The molecule has 0 aliphatic carbocycles. The Morgan fingerprint density at radius 2 is 1.92 bits per heavy atom. The largest absolute Gasteiger partial charge is 0.232 e.